The summed E-state index contributed by atoms with van der Waals surface area (Å²) in [5.41, 5.74) is 0.911. The maximum Gasteiger partial charge on any atom is 0.262 e. The standard InChI is InChI=1S/C21H22N4O2S2/c1-13-17-19(22-8-5-9-27-2)24-12-25-21(17)29-18(13)20(26)23-11-15-10-14-6-3-4-7-16(14)28-15/h3-4,6-7,10,12H,5,8-9,11H2,1-2H3,(H,23,26)(H,22,24,25). The van der Waals surface area contributed by atoms with E-state index in [1.54, 1.807) is 18.4 Å². The molecule has 2 N–H and O–H groups in total. The van der Waals surface area contributed by atoms with Crippen LogP contribution < -0.4 is 10.6 Å². The van der Waals surface area contributed by atoms with Crippen LogP contribution in [0, 0.1) is 6.92 Å². The molecule has 0 saturated heterocycles. The Hall–Kier alpha value is -2.55. The normalized spacial score (nSPS) is 11.2. The summed E-state index contributed by atoms with van der Waals surface area (Å²) >= 11 is 3.11. The monoisotopic (exact) mass is 426 g/mol. The number of hydrogen-bond donors (Lipinski definition) is 2. The first-order chi connectivity index (χ1) is 14.2. The summed E-state index contributed by atoms with van der Waals surface area (Å²) in [6, 6.07) is 10.4. The van der Waals surface area contributed by atoms with Gasteiger partial charge in [-0.2, -0.15) is 0 Å². The molecule has 29 heavy (non-hydrogen) atoms. The summed E-state index contributed by atoms with van der Waals surface area (Å²) in [6.45, 7) is 3.91. The van der Waals surface area contributed by atoms with Gasteiger partial charge < -0.3 is 15.4 Å². The largest absolute Gasteiger partial charge is 0.385 e. The number of methoxy groups -OCH3 is 1. The Morgan fingerprint density at radius 2 is 2.07 bits per heavy atom. The molecule has 4 aromatic rings. The van der Waals surface area contributed by atoms with Gasteiger partial charge in [0.15, 0.2) is 0 Å². The van der Waals surface area contributed by atoms with Crippen molar-refractivity contribution in [1.29, 1.82) is 0 Å². The first-order valence-electron chi connectivity index (χ1n) is 9.40. The maximum atomic E-state index is 12.9. The van der Waals surface area contributed by atoms with Gasteiger partial charge in [0.25, 0.3) is 5.91 Å². The van der Waals surface area contributed by atoms with Crippen LogP contribution in [0.5, 0.6) is 0 Å². The van der Waals surface area contributed by atoms with Gasteiger partial charge in [-0.3, -0.25) is 4.79 Å². The highest BCUT2D eigenvalue weighted by Gasteiger charge is 2.19. The van der Waals surface area contributed by atoms with Gasteiger partial charge in [-0.05, 0) is 36.4 Å². The quantitative estimate of drug-likeness (QED) is 0.403. The number of hydrogen-bond acceptors (Lipinski definition) is 7. The van der Waals surface area contributed by atoms with Crippen LogP contribution in [-0.2, 0) is 11.3 Å². The molecule has 0 aliphatic heterocycles. The van der Waals surface area contributed by atoms with E-state index in [-0.39, 0.29) is 5.91 Å². The predicted octanol–water partition coefficient (Wildman–Crippen LogP) is 4.59. The minimum Gasteiger partial charge on any atom is -0.385 e. The van der Waals surface area contributed by atoms with Gasteiger partial charge in [-0.15, -0.1) is 22.7 Å². The second-order valence-corrected chi connectivity index (χ2v) is 8.83. The second kappa shape index (κ2) is 8.86. The summed E-state index contributed by atoms with van der Waals surface area (Å²) < 4.78 is 6.32. The van der Waals surface area contributed by atoms with Crippen molar-refractivity contribution < 1.29 is 9.53 Å². The predicted molar refractivity (Wildman–Crippen MR) is 120 cm³/mol. The summed E-state index contributed by atoms with van der Waals surface area (Å²) in [6.07, 6.45) is 2.42. The van der Waals surface area contributed by atoms with Gasteiger partial charge >= 0.3 is 0 Å². The number of benzene rings is 1. The number of aromatic nitrogens is 2. The van der Waals surface area contributed by atoms with Crippen molar-refractivity contribution in [3.05, 3.63) is 52.0 Å². The Morgan fingerprint density at radius 1 is 1.21 bits per heavy atom. The Bertz CT molecular complexity index is 1120. The van der Waals surface area contributed by atoms with Crippen molar-refractivity contribution in [2.75, 3.05) is 25.6 Å². The number of nitrogens with one attached hydrogen (secondary N) is 2. The van der Waals surface area contributed by atoms with Gasteiger partial charge in [-0.25, -0.2) is 9.97 Å². The minimum absolute atomic E-state index is 0.0757. The number of rotatable bonds is 8. The average molecular weight is 427 g/mol. The highest BCUT2D eigenvalue weighted by atomic mass is 32.1. The molecule has 0 unspecified atom stereocenters. The number of amides is 1. The third-order valence-electron chi connectivity index (χ3n) is 4.65. The zero-order chi connectivity index (χ0) is 20.2. The van der Waals surface area contributed by atoms with Crippen molar-refractivity contribution >= 4 is 54.7 Å². The van der Waals surface area contributed by atoms with Gasteiger partial charge in [-0.1, -0.05) is 18.2 Å². The summed E-state index contributed by atoms with van der Waals surface area (Å²) in [5, 5.41) is 8.51. The molecular formula is C21H22N4O2S2. The fraction of sp³-hybridized carbons (Fsp3) is 0.286. The first kappa shape index (κ1) is 19.8. The molecule has 0 fully saturated rings. The number of fused-ring (bicyclic) bond motifs is 2. The molecule has 0 aliphatic carbocycles. The van der Waals surface area contributed by atoms with E-state index in [0.717, 1.165) is 39.4 Å². The van der Waals surface area contributed by atoms with Crippen molar-refractivity contribution in [3.63, 3.8) is 0 Å². The number of ether oxygens (including phenoxy) is 1. The van der Waals surface area contributed by atoms with Crippen molar-refractivity contribution in [2.24, 2.45) is 0 Å². The molecule has 8 heteroatoms. The number of aryl methyl sites for hydroxylation is 1. The van der Waals surface area contributed by atoms with Gasteiger partial charge in [0.2, 0.25) is 0 Å². The molecule has 0 aliphatic rings. The van der Waals surface area contributed by atoms with Crippen molar-refractivity contribution in [2.45, 2.75) is 19.9 Å². The average Bonchev–Trinajstić information content (AvgIpc) is 3.30. The lowest BCUT2D eigenvalue weighted by atomic mass is 10.2. The highest BCUT2D eigenvalue weighted by Crippen LogP contribution is 2.33. The molecule has 6 nitrogen and oxygen atoms in total. The van der Waals surface area contributed by atoms with E-state index in [2.05, 4.69) is 38.8 Å². The van der Waals surface area contributed by atoms with Crippen LogP contribution in [-0.4, -0.2) is 36.1 Å². The molecule has 0 radical (unpaired) electrons. The number of carbonyl (C=O) groups excluding carboxylic acids is 1. The second-order valence-electron chi connectivity index (χ2n) is 6.66. The molecule has 0 saturated carbocycles. The molecule has 0 atom stereocenters. The Labute approximate surface area is 177 Å². The van der Waals surface area contributed by atoms with E-state index in [4.69, 9.17) is 4.74 Å². The van der Waals surface area contributed by atoms with Crippen LogP contribution in [0.3, 0.4) is 0 Å². The third-order valence-corrected chi connectivity index (χ3v) is 6.97. The number of thiophene rings is 2. The lowest BCUT2D eigenvalue weighted by Gasteiger charge is -2.07. The minimum atomic E-state index is -0.0757. The Morgan fingerprint density at radius 3 is 2.90 bits per heavy atom. The van der Waals surface area contributed by atoms with Crippen LogP contribution in [0.15, 0.2) is 36.7 Å². The number of carbonyl (C=O) groups is 1. The molecular weight excluding hydrogens is 404 g/mol. The first-order valence-corrected chi connectivity index (χ1v) is 11.0. The van der Waals surface area contributed by atoms with E-state index in [1.807, 2.05) is 19.1 Å². The smallest absolute Gasteiger partial charge is 0.262 e. The van der Waals surface area contributed by atoms with Crippen LogP contribution in [0.4, 0.5) is 5.82 Å². The van der Waals surface area contributed by atoms with Crippen LogP contribution >= 0.6 is 22.7 Å². The number of anilines is 1. The Kier molecular flexibility index (Phi) is 6.03. The Balaban J connectivity index is 1.50. The van der Waals surface area contributed by atoms with Gasteiger partial charge in [0.05, 0.1) is 16.8 Å². The molecule has 1 aromatic carbocycles. The molecule has 150 valence electrons. The molecule has 3 aromatic heterocycles. The van der Waals surface area contributed by atoms with E-state index < -0.39 is 0 Å². The molecule has 0 bridgehead atoms. The van der Waals surface area contributed by atoms with Gasteiger partial charge in [0, 0.05) is 29.8 Å². The fourth-order valence-corrected chi connectivity index (χ4v) is 5.29. The summed E-state index contributed by atoms with van der Waals surface area (Å²) in [4.78, 5) is 24.2. The third kappa shape index (κ3) is 4.24. The van der Waals surface area contributed by atoms with E-state index in [1.165, 1.54) is 27.8 Å². The maximum absolute atomic E-state index is 12.9. The van der Waals surface area contributed by atoms with E-state index in [9.17, 15) is 4.79 Å². The van der Waals surface area contributed by atoms with Crippen molar-refractivity contribution in [1.82, 2.24) is 15.3 Å². The van der Waals surface area contributed by atoms with Gasteiger partial charge in [0.1, 0.15) is 17.0 Å². The lowest BCUT2D eigenvalue weighted by Crippen LogP contribution is -2.21. The topological polar surface area (TPSA) is 76.1 Å². The summed E-state index contributed by atoms with van der Waals surface area (Å²) in [5.74, 6) is 0.691. The van der Waals surface area contributed by atoms with Crippen LogP contribution in [0.25, 0.3) is 20.3 Å². The number of nitrogens with zero attached hydrogens (tertiary/aromatic N) is 2. The highest BCUT2D eigenvalue weighted by molar-refractivity contribution is 7.20. The van der Waals surface area contributed by atoms with Crippen LogP contribution in [0.1, 0.15) is 26.5 Å². The molecule has 0 spiro atoms. The molecule has 3 heterocycles. The summed E-state index contributed by atoms with van der Waals surface area (Å²) in [7, 11) is 1.69. The van der Waals surface area contributed by atoms with Crippen LogP contribution in [0.2, 0.25) is 0 Å². The fourth-order valence-electron chi connectivity index (χ4n) is 3.22. The zero-order valence-electron chi connectivity index (χ0n) is 16.3. The zero-order valence-corrected chi connectivity index (χ0v) is 18.0. The lowest BCUT2D eigenvalue weighted by molar-refractivity contribution is 0.0955. The van der Waals surface area contributed by atoms with Crippen molar-refractivity contribution in [3.8, 4) is 0 Å². The SMILES string of the molecule is COCCCNc1ncnc2sc(C(=O)NCc3cc4ccccc4s3)c(C)c12. The molecule has 1 amide bonds. The van der Waals surface area contributed by atoms with E-state index >= 15 is 0 Å². The van der Waals surface area contributed by atoms with E-state index in [0.29, 0.717) is 18.0 Å². The molecule has 4 rings (SSSR count).